The van der Waals surface area contributed by atoms with Crippen LogP contribution in [0.3, 0.4) is 0 Å². The zero-order valence-electron chi connectivity index (χ0n) is 11.9. The van der Waals surface area contributed by atoms with E-state index in [0.717, 1.165) is 5.75 Å². The fourth-order valence-corrected chi connectivity index (χ4v) is 3.85. The van der Waals surface area contributed by atoms with Crippen LogP contribution in [0.15, 0.2) is 29.4 Å². The predicted molar refractivity (Wildman–Crippen MR) is 79.0 cm³/mol. The average molecular weight is 271 g/mol. The number of benzene rings is 1. The molecule has 0 spiro atoms. The molecular formula is C16H21N3O. The molecule has 0 aromatic heterocycles. The van der Waals surface area contributed by atoms with Crippen LogP contribution in [0.25, 0.3) is 0 Å². The molecule has 2 atom stereocenters. The summed E-state index contributed by atoms with van der Waals surface area (Å²) in [4.78, 5) is 2.60. The van der Waals surface area contributed by atoms with Gasteiger partial charge in [-0.1, -0.05) is 12.1 Å². The predicted octanol–water partition coefficient (Wildman–Crippen LogP) is 2.18. The lowest BCUT2D eigenvalue weighted by atomic mass is 9.78. The molecule has 3 saturated heterocycles. The summed E-state index contributed by atoms with van der Waals surface area (Å²) in [7, 11) is 0. The van der Waals surface area contributed by atoms with E-state index in [2.05, 4.69) is 39.7 Å². The molecule has 2 bridgehead atoms. The highest BCUT2D eigenvalue weighted by molar-refractivity contribution is 5.95. The highest BCUT2D eigenvalue weighted by Crippen LogP contribution is 2.39. The summed E-state index contributed by atoms with van der Waals surface area (Å²) >= 11 is 0. The SMILES string of the molecule is CCOc1ccc(C2NN=C3C4CCN(CC4)C32)cc1. The molecule has 106 valence electrons. The van der Waals surface area contributed by atoms with E-state index in [1.165, 1.54) is 37.2 Å². The normalized spacial score (nSPS) is 34.4. The second-order valence-corrected chi connectivity index (χ2v) is 5.90. The average Bonchev–Trinajstić information content (AvgIpc) is 2.97. The van der Waals surface area contributed by atoms with E-state index in [4.69, 9.17) is 4.74 Å². The Labute approximate surface area is 119 Å². The van der Waals surface area contributed by atoms with Gasteiger partial charge in [0.15, 0.2) is 0 Å². The van der Waals surface area contributed by atoms with Crippen LogP contribution in [0.5, 0.6) is 5.75 Å². The van der Waals surface area contributed by atoms with E-state index in [0.29, 0.717) is 24.6 Å². The Hall–Kier alpha value is -1.55. The van der Waals surface area contributed by atoms with Crippen molar-refractivity contribution >= 4 is 5.71 Å². The summed E-state index contributed by atoms with van der Waals surface area (Å²) in [5.41, 5.74) is 6.07. The smallest absolute Gasteiger partial charge is 0.119 e. The van der Waals surface area contributed by atoms with Gasteiger partial charge >= 0.3 is 0 Å². The van der Waals surface area contributed by atoms with Crippen LogP contribution in [0.2, 0.25) is 0 Å². The lowest BCUT2D eigenvalue weighted by Crippen LogP contribution is -2.56. The monoisotopic (exact) mass is 271 g/mol. The minimum absolute atomic E-state index is 0.309. The van der Waals surface area contributed by atoms with Crippen molar-refractivity contribution in [2.45, 2.75) is 31.8 Å². The van der Waals surface area contributed by atoms with Crippen molar-refractivity contribution in [3.05, 3.63) is 29.8 Å². The molecule has 5 rings (SSSR count). The fraction of sp³-hybridized carbons (Fsp3) is 0.562. The Balaban J connectivity index is 1.58. The first-order valence-electron chi connectivity index (χ1n) is 7.66. The van der Waals surface area contributed by atoms with Crippen molar-refractivity contribution in [3.63, 3.8) is 0 Å². The quantitative estimate of drug-likeness (QED) is 0.915. The summed E-state index contributed by atoms with van der Waals surface area (Å²) < 4.78 is 5.52. The topological polar surface area (TPSA) is 36.9 Å². The Bertz CT molecular complexity index is 517. The second-order valence-electron chi connectivity index (χ2n) is 5.90. The van der Waals surface area contributed by atoms with Gasteiger partial charge in [0.05, 0.1) is 24.4 Å². The third-order valence-corrected chi connectivity index (χ3v) is 4.84. The van der Waals surface area contributed by atoms with Gasteiger partial charge in [0.25, 0.3) is 0 Å². The van der Waals surface area contributed by atoms with Gasteiger partial charge < -0.3 is 10.2 Å². The van der Waals surface area contributed by atoms with E-state index >= 15 is 0 Å². The minimum atomic E-state index is 0.309. The third-order valence-electron chi connectivity index (χ3n) is 4.84. The molecule has 1 aromatic carbocycles. The van der Waals surface area contributed by atoms with E-state index in [-0.39, 0.29) is 0 Å². The van der Waals surface area contributed by atoms with E-state index in [1.54, 1.807) is 0 Å². The number of nitrogens with one attached hydrogen (secondary N) is 1. The lowest BCUT2D eigenvalue weighted by molar-refractivity contribution is 0.133. The first kappa shape index (κ1) is 12.2. The number of nitrogens with zero attached hydrogens (tertiary/aromatic N) is 2. The van der Waals surface area contributed by atoms with Crippen molar-refractivity contribution in [3.8, 4) is 5.75 Å². The summed E-state index contributed by atoms with van der Waals surface area (Å²) in [5, 5.41) is 4.65. The Morgan fingerprint density at radius 1 is 1.25 bits per heavy atom. The minimum Gasteiger partial charge on any atom is -0.494 e. The number of hydrogen-bond acceptors (Lipinski definition) is 4. The lowest BCUT2D eigenvalue weighted by Gasteiger charge is -2.45. The van der Waals surface area contributed by atoms with Crippen molar-refractivity contribution < 1.29 is 4.74 Å². The first-order valence-corrected chi connectivity index (χ1v) is 7.66. The molecule has 1 aromatic rings. The van der Waals surface area contributed by atoms with Crippen LogP contribution in [-0.4, -0.2) is 36.3 Å². The number of hydrazone groups is 1. The van der Waals surface area contributed by atoms with Gasteiger partial charge in [-0.3, -0.25) is 4.90 Å². The maximum atomic E-state index is 5.52. The Morgan fingerprint density at radius 2 is 2.00 bits per heavy atom. The molecule has 2 unspecified atom stereocenters. The molecular weight excluding hydrogens is 250 g/mol. The molecule has 4 heterocycles. The molecule has 0 radical (unpaired) electrons. The number of piperidine rings is 3. The largest absolute Gasteiger partial charge is 0.494 e. The van der Waals surface area contributed by atoms with E-state index in [1.807, 2.05) is 6.92 Å². The standard InChI is InChI=1S/C16H21N3O/c1-2-20-13-5-3-11(4-6-13)14-16-15(18-17-14)12-7-9-19(16)10-8-12/h3-6,12,14,16-17H,2,7-10H2,1H3. The Kier molecular flexibility index (Phi) is 2.91. The molecule has 20 heavy (non-hydrogen) atoms. The number of ether oxygens (including phenoxy) is 1. The molecule has 0 amide bonds. The van der Waals surface area contributed by atoms with E-state index < -0.39 is 0 Å². The number of rotatable bonds is 3. The van der Waals surface area contributed by atoms with Gasteiger partial charge in [-0.25, -0.2) is 0 Å². The molecule has 0 aliphatic carbocycles. The van der Waals surface area contributed by atoms with Crippen LogP contribution in [-0.2, 0) is 0 Å². The van der Waals surface area contributed by atoms with Crippen molar-refractivity contribution in [1.82, 2.24) is 10.3 Å². The molecule has 0 saturated carbocycles. The van der Waals surface area contributed by atoms with Crippen molar-refractivity contribution in [2.75, 3.05) is 19.7 Å². The van der Waals surface area contributed by atoms with Crippen LogP contribution >= 0.6 is 0 Å². The molecule has 3 fully saturated rings. The molecule has 4 aliphatic rings. The zero-order chi connectivity index (χ0) is 13.5. The summed E-state index contributed by atoms with van der Waals surface area (Å²) in [5.74, 6) is 1.66. The van der Waals surface area contributed by atoms with Gasteiger partial charge in [-0.05, 0) is 50.6 Å². The number of hydrogen-bond donors (Lipinski definition) is 1. The molecule has 1 N–H and O–H groups in total. The molecule has 4 aliphatic heterocycles. The maximum Gasteiger partial charge on any atom is 0.119 e. The first-order chi connectivity index (χ1) is 9.86. The maximum absolute atomic E-state index is 5.52. The molecule has 4 nitrogen and oxygen atoms in total. The van der Waals surface area contributed by atoms with Crippen LogP contribution in [0.1, 0.15) is 31.4 Å². The van der Waals surface area contributed by atoms with Gasteiger partial charge in [0, 0.05) is 5.92 Å². The van der Waals surface area contributed by atoms with Gasteiger partial charge in [-0.2, -0.15) is 5.10 Å². The second kappa shape index (κ2) is 4.77. The fourth-order valence-electron chi connectivity index (χ4n) is 3.85. The number of fused-ring (bicyclic) bond motifs is 2. The third kappa shape index (κ3) is 1.82. The molecule has 4 heteroatoms. The van der Waals surface area contributed by atoms with Gasteiger partial charge in [0.2, 0.25) is 0 Å². The Morgan fingerprint density at radius 3 is 2.70 bits per heavy atom. The van der Waals surface area contributed by atoms with Gasteiger partial charge in [0.1, 0.15) is 5.75 Å². The van der Waals surface area contributed by atoms with Crippen LogP contribution < -0.4 is 10.2 Å². The zero-order valence-corrected chi connectivity index (χ0v) is 11.9. The highest BCUT2D eigenvalue weighted by Gasteiger charge is 2.46. The highest BCUT2D eigenvalue weighted by atomic mass is 16.5. The van der Waals surface area contributed by atoms with Crippen molar-refractivity contribution in [2.24, 2.45) is 11.0 Å². The summed E-state index contributed by atoms with van der Waals surface area (Å²) in [6.45, 7) is 5.18. The van der Waals surface area contributed by atoms with Gasteiger partial charge in [-0.15, -0.1) is 0 Å². The van der Waals surface area contributed by atoms with Crippen LogP contribution in [0, 0.1) is 5.92 Å². The van der Waals surface area contributed by atoms with Crippen LogP contribution in [0.4, 0.5) is 0 Å². The summed E-state index contributed by atoms with van der Waals surface area (Å²) in [6.07, 6.45) is 2.57. The van der Waals surface area contributed by atoms with Crippen molar-refractivity contribution in [1.29, 1.82) is 0 Å². The van der Waals surface area contributed by atoms with E-state index in [9.17, 15) is 0 Å². The summed E-state index contributed by atoms with van der Waals surface area (Å²) in [6, 6.07) is 9.25.